The minimum Gasteiger partial charge on any atom is -0.497 e. The van der Waals surface area contributed by atoms with E-state index in [1.54, 1.807) is 130 Å². The third-order valence-corrected chi connectivity index (χ3v) is 22.5. The first-order valence-corrected chi connectivity index (χ1v) is 40.6. The minimum atomic E-state index is -1.06. The molecule has 2 N–H and O–H groups in total. The third-order valence-electron chi connectivity index (χ3n) is 18.5. The number of alkyl halides is 1. The van der Waals surface area contributed by atoms with Crippen LogP contribution in [0, 0.1) is 11.3 Å². The molecule has 0 fully saturated rings. The highest BCUT2D eigenvalue weighted by atomic mass is 79.9. The number of carbonyl (C=O) groups excluding carboxylic acids is 7. The Morgan fingerprint density at radius 1 is 0.450 bits per heavy atom. The fraction of sp³-hybridized carbons (Fsp3) is 0.244. The molecule has 120 heavy (non-hydrogen) atoms. The van der Waals surface area contributed by atoms with Gasteiger partial charge in [0.15, 0.2) is 60.7 Å². The Kier molecular flexibility index (Phi) is 26.9. The van der Waals surface area contributed by atoms with Crippen LogP contribution in [-0.4, -0.2) is 178 Å². The van der Waals surface area contributed by atoms with Gasteiger partial charge in [-0.2, -0.15) is 5.26 Å². The predicted molar refractivity (Wildman–Crippen MR) is 458 cm³/mol. The van der Waals surface area contributed by atoms with Crippen LogP contribution >= 0.6 is 51.2 Å². The number of Topliss-reactive ketones (excluding diaryl/α,β-unsaturated/α-hetero) is 3. The predicted octanol–water partition coefficient (Wildman–Crippen LogP) is 16.3. The molecule has 12 aromatic rings. The van der Waals surface area contributed by atoms with Crippen LogP contribution in [0.3, 0.4) is 0 Å². The number of hydrogen-bond donors (Lipinski definition) is 1. The van der Waals surface area contributed by atoms with E-state index < -0.39 is 34.2 Å². The smallest absolute Gasteiger partial charge is 0.347 e. The summed E-state index contributed by atoms with van der Waals surface area (Å²) in [6.07, 6.45) is -0.315. The first kappa shape index (κ1) is 84.8. The molecule has 18 rings (SSSR count). The van der Waals surface area contributed by atoms with Crippen molar-refractivity contribution in [2.24, 2.45) is 20.7 Å². The van der Waals surface area contributed by atoms with Crippen LogP contribution in [-0.2, 0) is 33.4 Å². The molecular formula is C86H77BrN8O22S3. The lowest BCUT2D eigenvalue weighted by Gasteiger charge is -2.14. The molecule has 12 heterocycles. The Labute approximate surface area is 705 Å². The summed E-state index contributed by atoms with van der Waals surface area (Å²) in [5.74, 6) is 4.08. The highest BCUT2D eigenvalue weighted by molar-refractivity contribution is 9.10. The van der Waals surface area contributed by atoms with Crippen LogP contribution in [0.1, 0.15) is 83.1 Å². The van der Waals surface area contributed by atoms with Gasteiger partial charge in [0.1, 0.15) is 112 Å². The summed E-state index contributed by atoms with van der Waals surface area (Å²) < 4.78 is 79.6. The molecule has 0 saturated carbocycles. The summed E-state index contributed by atoms with van der Waals surface area (Å²) in [7, 11) is 9.61. The van der Waals surface area contributed by atoms with Crippen molar-refractivity contribution in [1.82, 2.24) is 14.7 Å². The van der Waals surface area contributed by atoms with Gasteiger partial charge >= 0.3 is 17.9 Å². The van der Waals surface area contributed by atoms with Crippen LogP contribution in [0.25, 0.3) is 82.9 Å². The molecule has 0 aliphatic carbocycles. The number of nitrogens with two attached hydrogens (primary N) is 1. The number of fused-ring (bicyclic) bond motifs is 9. The number of nitriles is 1. The second-order valence-corrected chi connectivity index (χ2v) is 29.9. The first-order valence-electron chi connectivity index (χ1n) is 37.2. The van der Waals surface area contributed by atoms with E-state index in [0.717, 1.165) is 132 Å². The number of halogens is 1. The zero-order valence-corrected chi connectivity index (χ0v) is 70.3. The molecule has 6 aromatic carbocycles. The van der Waals surface area contributed by atoms with Crippen LogP contribution in [0.15, 0.2) is 202 Å². The van der Waals surface area contributed by atoms with E-state index in [1.165, 1.54) is 42.2 Å². The SMILES string of the molecule is CCOC(=O)C(Br)C(=O)c1cc2cc(OC)ccc2o1.CCOC(=O)C1=C(c2cc3cc(OC)ccc3o2)N2CCN=C2S1.CCOC(=O)CC(=O)c1cc2cc(OC)ccc2o1.COc1ccc2oc(C(C)=O)cc2c1.COc1ccc2oc(C3=C(C#N)SC4=NCCN43)cc2c1.COc1ccc2oc(C3=C(C(N)=O)SC4=NCCN43)cc2c1. The number of rotatable bonds is 21. The van der Waals surface area contributed by atoms with E-state index in [9.17, 15) is 38.8 Å². The van der Waals surface area contributed by atoms with E-state index in [4.69, 9.17) is 74.9 Å². The minimum absolute atomic E-state index is 0.0693. The number of esters is 3. The van der Waals surface area contributed by atoms with Crippen molar-refractivity contribution in [3.8, 4) is 40.6 Å². The second-order valence-electron chi connectivity index (χ2n) is 26.0. The summed E-state index contributed by atoms with van der Waals surface area (Å²) >= 11 is 7.09. The van der Waals surface area contributed by atoms with Gasteiger partial charge in [0.05, 0.1) is 82.1 Å². The van der Waals surface area contributed by atoms with Crippen molar-refractivity contribution < 1.29 is 103 Å². The van der Waals surface area contributed by atoms with E-state index in [1.807, 2.05) is 88.7 Å². The monoisotopic (exact) mass is 1750 g/mol. The van der Waals surface area contributed by atoms with Gasteiger partial charge in [-0.3, -0.25) is 43.7 Å². The van der Waals surface area contributed by atoms with E-state index in [2.05, 4.69) is 41.9 Å². The average Bonchev–Trinajstić information content (AvgIpc) is 1.61. The second kappa shape index (κ2) is 38.1. The highest BCUT2D eigenvalue weighted by Gasteiger charge is 2.41. The number of amides is 1. The number of benzene rings is 6. The molecule has 1 atom stereocenters. The maximum atomic E-state index is 12.3. The lowest BCUT2D eigenvalue weighted by Crippen LogP contribution is -2.26. The lowest BCUT2D eigenvalue weighted by molar-refractivity contribution is -0.142. The van der Waals surface area contributed by atoms with E-state index in [0.29, 0.717) is 84.9 Å². The number of hydrogen-bond acceptors (Lipinski definition) is 32. The molecule has 0 saturated heterocycles. The summed E-state index contributed by atoms with van der Waals surface area (Å²) in [5, 5.41) is 17.0. The number of ketones is 3. The zero-order chi connectivity index (χ0) is 85.0. The number of carbonyl (C=O) groups is 7. The van der Waals surface area contributed by atoms with Gasteiger partial charge in [0.25, 0.3) is 5.91 Å². The van der Waals surface area contributed by atoms with E-state index in [-0.39, 0.29) is 42.9 Å². The number of aliphatic imine (C=N–C) groups is 3. The van der Waals surface area contributed by atoms with E-state index >= 15 is 0 Å². The number of ether oxygens (including phenoxy) is 9. The normalized spacial score (nSPS) is 14.3. The number of primary amides is 1. The number of thioether (sulfide) groups is 3. The Bertz CT molecular complexity index is 6250. The van der Waals surface area contributed by atoms with Gasteiger partial charge < -0.3 is 89.6 Å². The fourth-order valence-corrected chi connectivity index (χ4v) is 16.3. The Balaban J connectivity index is 0.000000125. The molecule has 0 bridgehead atoms. The fourth-order valence-electron chi connectivity index (χ4n) is 12.8. The van der Waals surface area contributed by atoms with Crippen LogP contribution in [0.2, 0.25) is 0 Å². The van der Waals surface area contributed by atoms with Gasteiger partial charge in [-0.05, 0) is 202 Å². The highest BCUT2D eigenvalue weighted by Crippen LogP contribution is 2.47. The molecule has 0 radical (unpaired) electrons. The van der Waals surface area contributed by atoms with Crippen molar-refractivity contribution in [3.63, 3.8) is 0 Å². The molecule has 618 valence electrons. The maximum Gasteiger partial charge on any atom is 0.347 e. The number of allylic oxidation sites excluding steroid dienone is 1. The Morgan fingerprint density at radius 2 is 0.792 bits per heavy atom. The van der Waals surface area contributed by atoms with Crippen LogP contribution in [0.4, 0.5) is 0 Å². The molecule has 6 aliphatic rings. The Hall–Kier alpha value is -13.1. The third kappa shape index (κ3) is 18.7. The lowest BCUT2D eigenvalue weighted by atomic mass is 10.2. The summed E-state index contributed by atoms with van der Waals surface area (Å²) in [6.45, 7) is 11.9. The average molecular weight is 1750 g/mol. The molecule has 6 aromatic heterocycles. The quantitative estimate of drug-likeness (QED) is 0.0229. The summed E-state index contributed by atoms with van der Waals surface area (Å²) in [4.78, 5) is 102. The van der Waals surface area contributed by atoms with Crippen molar-refractivity contribution in [2.45, 2.75) is 38.9 Å². The molecule has 1 amide bonds. The van der Waals surface area contributed by atoms with Crippen molar-refractivity contribution >= 4 is 191 Å². The standard InChI is InChI=1S/C17H16N2O4S.C15H13N3O3S.C15H11N3O2S.C14H13BrO5.C14H14O5.C11H10O3/c1-3-22-16(20)15-14(19-7-6-18-17(19)24-15)13-9-10-8-11(21-2)4-5-12(10)23-13;1-20-9-2-3-10-8(6-9)7-11(21-10)12-13(14(16)19)22-15-17-4-5-18(12)15;1-19-10-2-3-11-9(6-10)7-12(20-11)14-13(8-16)21-15-17-4-5-18(14)15;1-3-19-14(17)12(15)13(16)11-7-8-6-9(18-2)4-5-10(8)20-11;1-3-18-14(16)8-11(15)13-7-9-6-10(17-2)4-5-12(9)19-13;1-7(12)11-6-8-5-9(13-2)3-4-10(8)14-11/h4-5,8-9H,3,6-7H2,1-2H3;2-3,6-7H,4-5H2,1H3,(H2,16,19);2-3,6-7H,4-5H2,1H3;4-7,12H,3H2,1-2H3;4-7H,3,8H2,1-2H3;3-6H,1-2H3. The van der Waals surface area contributed by atoms with Crippen molar-refractivity contribution in [3.05, 3.63) is 195 Å². The van der Waals surface area contributed by atoms with Gasteiger partial charge in [-0.15, -0.1) is 0 Å². The van der Waals surface area contributed by atoms with Crippen LogP contribution in [0.5, 0.6) is 34.5 Å². The topological polar surface area (TPSA) is 378 Å². The maximum absolute atomic E-state index is 12.3. The number of nitrogens with zero attached hydrogens (tertiary/aromatic N) is 7. The van der Waals surface area contributed by atoms with Crippen molar-refractivity contribution in [1.29, 1.82) is 5.26 Å². The summed E-state index contributed by atoms with van der Waals surface area (Å²) in [5.41, 5.74) is 11.9. The molecule has 30 nitrogen and oxygen atoms in total. The zero-order valence-electron chi connectivity index (χ0n) is 66.3. The Morgan fingerprint density at radius 3 is 1.18 bits per heavy atom. The van der Waals surface area contributed by atoms with Gasteiger partial charge in [0.2, 0.25) is 11.6 Å². The van der Waals surface area contributed by atoms with Gasteiger partial charge in [-0.25, -0.2) is 4.79 Å². The van der Waals surface area contributed by atoms with Crippen molar-refractivity contribution in [2.75, 3.05) is 102 Å². The number of amidine groups is 3. The molecule has 34 heteroatoms. The number of furan rings is 6. The molecule has 0 spiro atoms. The molecular weight excluding hydrogens is 1670 g/mol. The largest absolute Gasteiger partial charge is 0.497 e. The molecule has 6 aliphatic heterocycles. The van der Waals surface area contributed by atoms with Crippen LogP contribution < -0.4 is 34.2 Å². The van der Waals surface area contributed by atoms with Gasteiger partial charge in [0, 0.05) is 58.9 Å². The first-order chi connectivity index (χ1) is 58.1. The summed E-state index contributed by atoms with van der Waals surface area (Å²) in [6, 6.07) is 45.6. The molecule has 1 unspecified atom stereocenters. The van der Waals surface area contributed by atoms with Gasteiger partial charge in [-0.1, -0.05) is 15.9 Å². The number of methoxy groups -OCH3 is 6.